The van der Waals surface area contributed by atoms with Crippen LogP contribution < -0.4 is 20.6 Å². The minimum absolute atomic E-state index is 0.374. The van der Waals surface area contributed by atoms with Crippen molar-refractivity contribution in [3.63, 3.8) is 0 Å². The van der Waals surface area contributed by atoms with Gasteiger partial charge in [0.1, 0.15) is 13.2 Å². The predicted molar refractivity (Wildman–Crippen MR) is 75.0 cm³/mol. The topological polar surface area (TPSA) is 95.2 Å². The number of nitrogens with two attached hydrogens (primary N) is 1. The van der Waals surface area contributed by atoms with E-state index in [1.807, 2.05) is 0 Å². The molecule has 0 aliphatic heterocycles. The molecule has 108 valence electrons. The van der Waals surface area contributed by atoms with E-state index in [1.165, 1.54) is 19.6 Å². The van der Waals surface area contributed by atoms with Crippen molar-refractivity contribution in [2.75, 3.05) is 20.3 Å². The van der Waals surface area contributed by atoms with Gasteiger partial charge in [-0.15, -0.1) is 0 Å². The molecule has 7 heteroatoms. The van der Waals surface area contributed by atoms with E-state index in [4.69, 9.17) is 19.9 Å². The fourth-order valence-corrected chi connectivity index (χ4v) is 1.34. The highest BCUT2D eigenvalue weighted by Gasteiger charge is 2.05. The molecule has 1 rings (SSSR count). The maximum absolute atomic E-state index is 10.5. The fourth-order valence-electron chi connectivity index (χ4n) is 1.34. The van der Waals surface area contributed by atoms with Gasteiger partial charge in [0.15, 0.2) is 11.5 Å². The number of hydrazone groups is 1. The number of primary amides is 1. The molecule has 0 radical (unpaired) electrons. The number of nitrogens with one attached hydrogen (secondary N) is 1. The van der Waals surface area contributed by atoms with Crippen molar-refractivity contribution in [3.05, 3.63) is 36.6 Å². The lowest BCUT2D eigenvalue weighted by molar-refractivity contribution is 0.176. The monoisotopic (exact) mass is 279 g/mol. The standard InChI is InChI=1S/C13H17N3O4/c1-3-19-6-7-20-11-5-4-10(8-12(11)18-2)9-15-16-13(14)17/h3-5,8-9H,1,6-7H2,2H3,(H3,14,16,17). The maximum atomic E-state index is 10.5. The van der Waals surface area contributed by atoms with Crippen LogP contribution in [0.25, 0.3) is 0 Å². The van der Waals surface area contributed by atoms with E-state index in [0.29, 0.717) is 24.7 Å². The Morgan fingerprint density at radius 1 is 1.45 bits per heavy atom. The van der Waals surface area contributed by atoms with Gasteiger partial charge in [0.2, 0.25) is 0 Å². The van der Waals surface area contributed by atoms with Crippen LogP contribution in [0.3, 0.4) is 0 Å². The van der Waals surface area contributed by atoms with Crippen LogP contribution in [0, 0.1) is 0 Å². The van der Waals surface area contributed by atoms with Crippen molar-refractivity contribution in [1.82, 2.24) is 5.43 Å². The first-order valence-electron chi connectivity index (χ1n) is 5.79. The molecule has 0 saturated heterocycles. The molecular formula is C13H17N3O4. The molecular weight excluding hydrogens is 262 g/mol. The van der Waals surface area contributed by atoms with E-state index in [0.717, 1.165) is 5.56 Å². The molecule has 0 bridgehead atoms. The number of ether oxygens (including phenoxy) is 3. The summed E-state index contributed by atoms with van der Waals surface area (Å²) in [4.78, 5) is 10.5. The van der Waals surface area contributed by atoms with Crippen LogP contribution in [-0.2, 0) is 4.74 Å². The first kappa shape index (κ1) is 15.4. The fraction of sp³-hybridized carbons (Fsp3) is 0.231. The second-order valence-corrected chi connectivity index (χ2v) is 3.53. The van der Waals surface area contributed by atoms with Gasteiger partial charge in [-0.1, -0.05) is 6.58 Å². The maximum Gasteiger partial charge on any atom is 0.332 e. The van der Waals surface area contributed by atoms with Gasteiger partial charge in [-0.3, -0.25) is 0 Å². The molecule has 2 amide bonds. The molecule has 3 N–H and O–H groups in total. The quantitative estimate of drug-likeness (QED) is 0.324. The van der Waals surface area contributed by atoms with E-state index in [2.05, 4.69) is 17.1 Å². The molecule has 0 aromatic heterocycles. The average Bonchev–Trinajstić information content (AvgIpc) is 2.44. The summed E-state index contributed by atoms with van der Waals surface area (Å²) in [6.45, 7) is 4.21. The first-order chi connectivity index (χ1) is 9.67. The number of carbonyl (C=O) groups excluding carboxylic acids is 1. The number of carbonyl (C=O) groups is 1. The van der Waals surface area contributed by atoms with Crippen LogP contribution in [0.4, 0.5) is 4.79 Å². The molecule has 0 spiro atoms. The summed E-state index contributed by atoms with van der Waals surface area (Å²) in [7, 11) is 1.53. The largest absolute Gasteiger partial charge is 0.498 e. The lowest BCUT2D eigenvalue weighted by Crippen LogP contribution is -2.24. The molecule has 0 heterocycles. The third-order valence-electron chi connectivity index (χ3n) is 2.15. The predicted octanol–water partition coefficient (Wildman–Crippen LogP) is 1.24. The van der Waals surface area contributed by atoms with Crippen LogP contribution in [-0.4, -0.2) is 32.6 Å². The molecule has 20 heavy (non-hydrogen) atoms. The van der Waals surface area contributed by atoms with Crippen LogP contribution >= 0.6 is 0 Å². The van der Waals surface area contributed by atoms with Crippen molar-refractivity contribution in [2.45, 2.75) is 0 Å². The number of urea groups is 1. The van der Waals surface area contributed by atoms with Gasteiger partial charge in [0, 0.05) is 0 Å². The van der Waals surface area contributed by atoms with Gasteiger partial charge in [0.25, 0.3) is 0 Å². The van der Waals surface area contributed by atoms with Gasteiger partial charge in [-0.2, -0.15) is 5.10 Å². The van der Waals surface area contributed by atoms with Crippen LogP contribution in [0.5, 0.6) is 11.5 Å². The molecule has 0 aliphatic rings. The number of hydrogen-bond acceptors (Lipinski definition) is 5. The smallest absolute Gasteiger partial charge is 0.332 e. The normalized spacial score (nSPS) is 10.1. The zero-order valence-electron chi connectivity index (χ0n) is 11.2. The first-order valence-corrected chi connectivity index (χ1v) is 5.79. The molecule has 0 aliphatic carbocycles. The highest BCUT2D eigenvalue weighted by Crippen LogP contribution is 2.27. The number of hydrogen-bond donors (Lipinski definition) is 2. The zero-order valence-corrected chi connectivity index (χ0v) is 11.2. The van der Waals surface area contributed by atoms with Crippen molar-refractivity contribution in [3.8, 4) is 11.5 Å². The van der Waals surface area contributed by atoms with Crippen molar-refractivity contribution in [1.29, 1.82) is 0 Å². The minimum Gasteiger partial charge on any atom is -0.498 e. The summed E-state index contributed by atoms with van der Waals surface area (Å²) in [6, 6.07) is 4.49. The van der Waals surface area contributed by atoms with Crippen molar-refractivity contribution in [2.24, 2.45) is 10.8 Å². The Morgan fingerprint density at radius 2 is 2.25 bits per heavy atom. The van der Waals surface area contributed by atoms with Crippen LogP contribution in [0.1, 0.15) is 5.56 Å². The Bertz CT molecular complexity index is 489. The molecule has 0 saturated carbocycles. The molecule has 0 fully saturated rings. The Labute approximate surface area is 117 Å². The lowest BCUT2D eigenvalue weighted by atomic mass is 10.2. The van der Waals surface area contributed by atoms with E-state index < -0.39 is 6.03 Å². The summed E-state index contributed by atoms with van der Waals surface area (Å²) in [5.41, 5.74) is 7.72. The molecule has 7 nitrogen and oxygen atoms in total. The third kappa shape index (κ3) is 5.30. The second-order valence-electron chi connectivity index (χ2n) is 3.53. The van der Waals surface area contributed by atoms with Gasteiger partial charge in [0.05, 0.1) is 19.6 Å². The van der Waals surface area contributed by atoms with Crippen molar-refractivity contribution >= 4 is 12.2 Å². The van der Waals surface area contributed by atoms with Crippen LogP contribution in [0.2, 0.25) is 0 Å². The average molecular weight is 279 g/mol. The number of benzene rings is 1. The van der Waals surface area contributed by atoms with Crippen molar-refractivity contribution < 1.29 is 19.0 Å². The number of amides is 2. The van der Waals surface area contributed by atoms with Gasteiger partial charge < -0.3 is 19.9 Å². The minimum atomic E-state index is -0.726. The zero-order chi connectivity index (χ0) is 14.8. The summed E-state index contributed by atoms with van der Waals surface area (Å²) < 4.78 is 15.7. The molecule has 1 aromatic rings. The molecule has 1 aromatic carbocycles. The second kappa shape index (κ2) is 8.41. The number of methoxy groups -OCH3 is 1. The van der Waals surface area contributed by atoms with Gasteiger partial charge >= 0.3 is 6.03 Å². The molecule has 0 unspecified atom stereocenters. The lowest BCUT2D eigenvalue weighted by Gasteiger charge is -2.10. The molecule has 0 atom stereocenters. The Balaban J connectivity index is 2.67. The van der Waals surface area contributed by atoms with E-state index in [1.54, 1.807) is 18.2 Å². The summed E-state index contributed by atoms with van der Waals surface area (Å²) in [5, 5.41) is 3.66. The third-order valence-corrected chi connectivity index (χ3v) is 2.15. The summed E-state index contributed by atoms with van der Waals surface area (Å²) in [5.74, 6) is 1.13. The Hall–Kier alpha value is -2.70. The summed E-state index contributed by atoms with van der Waals surface area (Å²) >= 11 is 0. The highest BCUT2D eigenvalue weighted by molar-refractivity contribution is 5.82. The highest BCUT2D eigenvalue weighted by atomic mass is 16.5. The van der Waals surface area contributed by atoms with Gasteiger partial charge in [-0.25, -0.2) is 10.2 Å². The van der Waals surface area contributed by atoms with Crippen LogP contribution in [0.15, 0.2) is 36.1 Å². The Morgan fingerprint density at radius 3 is 2.90 bits per heavy atom. The number of nitrogens with zero attached hydrogens (tertiary/aromatic N) is 1. The van der Waals surface area contributed by atoms with E-state index >= 15 is 0 Å². The summed E-state index contributed by atoms with van der Waals surface area (Å²) in [6.07, 6.45) is 2.80. The van der Waals surface area contributed by atoms with E-state index in [9.17, 15) is 4.79 Å². The Kier molecular flexibility index (Phi) is 6.46. The van der Waals surface area contributed by atoms with Gasteiger partial charge in [-0.05, 0) is 23.8 Å². The SMILES string of the molecule is C=COCCOc1ccc(C=NNC(N)=O)cc1OC. The number of rotatable bonds is 8. The van der Waals surface area contributed by atoms with E-state index in [-0.39, 0.29) is 0 Å².